The van der Waals surface area contributed by atoms with Gasteiger partial charge in [-0.3, -0.25) is 10.1 Å². The number of benzene rings is 2. The van der Waals surface area contributed by atoms with E-state index in [9.17, 15) is 27.3 Å². The molecule has 0 radical (unpaired) electrons. The van der Waals surface area contributed by atoms with Crippen LogP contribution in [-0.2, 0) is 16.6 Å². The third-order valence-corrected chi connectivity index (χ3v) is 4.67. The Morgan fingerprint density at radius 1 is 1.17 bits per heavy atom. The van der Waals surface area contributed by atoms with Crippen LogP contribution in [0, 0.1) is 21.7 Å². The van der Waals surface area contributed by atoms with Crippen molar-refractivity contribution in [3.8, 4) is 0 Å². The molecule has 0 atom stereocenters. The van der Waals surface area contributed by atoms with Crippen LogP contribution in [0.2, 0.25) is 5.02 Å². The molecular weight excluding hydrogens is 354 g/mol. The zero-order valence-corrected chi connectivity index (χ0v) is 12.9. The summed E-state index contributed by atoms with van der Waals surface area (Å²) in [5.41, 5.74) is -1.23. The van der Waals surface area contributed by atoms with Gasteiger partial charge in [0.25, 0.3) is 5.69 Å². The average Bonchev–Trinajstić information content (AvgIpc) is 2.51. The molecule has 10 heteroatoms. The minimum Gasteiger partial charge on any atom is -0.258 e. The summed E-state index contributed by atoms with van der Waals surface area (Å²) in [7, 11) is -4.35. The fraction of sp³-hybridized carbons (Fsp3) is 0.0769. The van der Waals surface area contributed by atoms with Crippen molar-refractivity contribution in [3.05, 3.63) is 68.7 Å². The second-order valence-corrected chi connectivity index (χ2v) is 6.51. The number of hydrogen-bond donors (Lipinski definition) is 1. The van der Waals surface area contributed by atoms with E-state index in [2.05, 4.69) is 0 Å². The predicted octanol–water partition coefficient (Wildman–Crippen LogP) is 3.00. The molecule has 0 spiro atoms. The van der Waals surface area contributed by atoms with E-state index in [1.54, 1.807) is 0 Å². The monoisotopic (exact) mass is 362 g/mol. The van der Waals surface area contributed by atoms with Crippen LogP contribution in [0.4, 0.5) is 14.5 Å². The molecule has 2 rings (SSSR count). The van der Waals surface area contributed by atoms with Crippen LogP contribution >= 0.6 is 11.6 Å². The Bertz CT molecular complexity index is 874. The number of nitro benzene ring substituents is 1. The second-order valence-electron chi connectivity index (χ2n) is 4.37. The molecule has 2 aromatic carbocycles. The topological polar surface area (TPSA) is 89.3 Å². The largest absolute Gasteiger partial charge is 0.289 e. The Morgan fingerprint density at radius 2 is 1.83 bits per heavy atom. The summed E-state index contributed by atoms with van der Waals surface area (Å²) in [5.74, 6) is -2.09. The number of para-hydroxylation sites is 1. The number of hydrogen-bond acceptors (Lipinski definition) is 4. The van der Waals surface area contributed by atoms with Crippen molar-refractivity contribution in [2.24, 2.45) is 0 Å². The zero-order valence-electron chi connectivity index (χ0n) is 11.3. The Hall–Kier alpha value is -2.10. The van der Waals surface area contributed by atoms with Crippen molar-refractivity contribution in [1.82, 2.24) is 4.72 Å². The predicted molar refractivity (Wildman–Crippen MR) is 78.5 cm³/mol. The molecule has 0 aliphatic rings. The van der Waals surface area contributed by atoms with Gasteiger partial charge in [0.1, 0.15) is 11.6 Å². The van der Waals surface area contributed by atoms with Crippen molar-refractivity contribution < 1.29 is 22.1 Å². The molecule has 0 aliphatic heterocycles. The molecule has 6 nitrogen and oxygen atoms in total. The zero-order chi connectivity index (χ0) is 17.2. The molecule has 0 heterocycles. The van der Waals surface area contributed by atoms with Gasteiger partial charge in [0.2, 0.25) is 10.0 Å². The lowest BCUT2D eigenvalue weighted by Gasteiger charge is -2.09. The summed E-state index contributed by atoms with van der Waals surface area (Å²) in [6, 6.07) is 6.50. The van der Waals surface area contributed by atoms with Gasteiger partial charge in [-0.1, -0.05) is 23.7 Å². The van der Waals surface area contributed by atoms with Gasteiger partial charge in [0, 0.05) is 18.2 Å². The average molecular weight is 363 g/mol. The first kappa shape index (κ1) is 17.3. The Labute approximate surface area is 134 Å². The highest BCUT2D eigenvalue weighted by Crippen LogP contribution is 2.24. The van der Waals surface area contributed by atoms with Crippen LogP contribution in [0.15, 0.2) is 41.3 Å². The molecule has 0 aliphatic carbocycles. The first-order valence-electron chi connectivity index (χ1n) is 6.09. The number of nitrogens with zero attached hydrogens (tertiary/aromatic N) is 1. The molecule has 0 aromatic heterocycles. The lowest BCUT2D eigenvalue weighted by Crippen LogP contribution is -2.25. The maximum Gasteiger partial charge on any atom is 0.289 e. The van der Waals surface area contributed by atoms with E-state index in [4.69, 9.17) is 11.6 Å². The molecule has 0 fully saturated rings. The molecule has 0 unspecified atom stereocenters. The van der Waals surface area contributed by atoms with E-state index < -0.39 is 49.3 Å². The first-order chi connectivity index (χ1) is 10.7. The molecule has 0 bridgehead atoms. The van der Waals surface area contributed by atoms with Gasteiger partial charge in [-0.05, 0) is 18.2 Å². The van der Waals surface area contributed by atoms with E-state index in [0.29, 0.717) is 0 Å². The summed E-state index contributed by atoms with van der Waals surface area (Å²) in [6.45, 7) is -0.743. The van der Waals surface area contributed by atoms with E-state index >= 15 is 0 Å². The third-order valence-electron chi connectivity index (χ3n) is 2.93. The Morgan fingerprint density at radius 3 is 2.48 bits per heavy atom. The van der Waals surface area contributed by atoms with Crippen LogP contribution in [0.1, 0.15) is 5.56 Å². The maximum atomic E-state index is 13.7. The lowest BCUT2D eigenvalue weighted by atomic mass is 10.2. The van der Waals surface area contributed by atoms with Crippen molar-refractivity contribution in [3.63, 3.8) is 0 Å². The third kappa shape index (κ3) is 3.63. The van der Waals surface area contributed by atoms with Gasteiger partial charge in [0.05, 0.1) is 9.95 Å². The molecule has 0 amide bonds. The number of rotatable bonds is 5. The highest BCUT2D eigenvalue weighted by Gasteiger charge is 2.25. The quantitative estimate of drug-likeness (QED) is 0.503. The maximum absolute atomic E-state index is 13.7. The summed E-state index contributed by atoms with van der Waals surface area (Å²) in [5, 5.41) is 10.5. The van der Waals surface area contributed by atoms with Crippen molar-refractivity contribution in [2.45, 2.75) is 11.4 Å². The van der Waals surface area contributed by atoms with E-state index in [1.807, 2.05) is 4.72 Å². The van der Waals surface area contributed by atoms with Crippen LogP contribution in [0.5, 0.6) is 0 Å². The lowest BCUT2D eigenvalue weighted by molar-refractivity contribution is -0.387. The van der Waals surface area contributed by atoms with E-state index in [-0.39, 0.29) is 5.02 Å². The Balaban J connectivity index is 2.34. The number of nitro groups is 1. The van der Waals surface area contributed by atoms with Crippen molar-refractivity contribution >= 4 is 27.3 Å². The molecule has 2 aromatic rings. The van der Waals surface area contributed by atoms with Crippen LogP contribution in [-0.4, -0.2) is 13.3 Å². The van der Waals surface area contributed by atoms with Crippen molar-refractivity contribution in [2.75, 3.05) is 0 Å². The summed E-state index contributed by atoms with van der Waals surface area (Å²) in [4.78, 5) is 9.40. The SMILES string of the molecule is O=[N+]([O-])c1ccccc1S(=O)(=O)NCc1c(F)ccc(Cl)c1F. The number of halogens is 3. The van der Waals surface area contributed by atoms with Crippen LogP contribution < -0.4 is 4.72 Å². The highest BCUT2D eigenvalue weighted by molar-refractivity contribution is 7.89. The summed E-state index contributed by atoms with van der Waals surface area (Å²) < 4.78 is 53.5. The van der Waals surface area contributed by atoms with Gasteiger partial charge >= 0.3 is 0 Å². The normalized spacial score (nSPS) is 11.4. The van der Waals surface area contributed by atoms with E-state index in [0.717, 1.165) is 24.3 Å². The molecule has 23 heavy (non-hydrogen) atoms. The van der Waals surface area contributed by atoms with Gasteiger partial charge in [0.15, 0.2) is 4.90 Å². The molecular formula is C13H9ClF2N2O4S. The summed E-state index contributed by atoms with van der Waals surface area (Å²) in [6.07, 6.45) is 0. The number of nitrogens with one attached hydrogen (secondary N) is 1. The van der Waals surface area contributed by atoms with Gasteiger partial charge in [-0.15, -0.1) is 0 Å². The van der Waals surface area contributed by atoms with Gasteiger partial charge < -0.3 is 0 Å². The fourth-order valence-electron chi connectivity index (χ4n) is 1.81. The number of sulfonamides is 1. The Kier molecular flexibility index (Phi) is 4.93. The fourth-order valence-corrected chi connectivity index (χ4v) is 3.15. The second kappa shape index (κ2) is 6.57. The molecule has 0 saturated carbocycles. The van der Waals surface area contributed by atoms with Crippen LogP contribution in [0.3, 0.4) is 0 Å². The minimum atomic E-state index is -4.35. The molecule has 0 saturated heterocycles. The highest BCUT2D eigenvalue weighted by atomic mass is 35.5. The van der Waals surface area contributed by atoms with E-state index in [1.165, 1.54) is 12.1 Å². The first-order valence-corrected chi connectivity index (χ1v) is 7.95. The van der Waals surface area contributed by atoms with Crippen molar-refractivity contribution in [1.29, 1.82) is 0 Å². The summed E-state index contributed by atoms with van der Waals surface area (Å²) >= 11 is 5.51. The van der Waals surface area contributed by atoms with Gasteiger partial charge in [-0.2, -0.15) is 0 Å². The standard InChI is InChI=1S/C13H9ClF2N2O4S/c14-9-5-6-10(15)8(13(9)16)7-17-23(21,22)12-4-2-1-3-11(12)18(19)20/h1-6,17H,7H2. The minimum absolute atomic E-state index is 0.369. The molecule has 1 N–H and O–H groups in total. The smallest absolute Gasteiger partial charge is 0.258 e. The van der Waals surface area contributed by atoms with Gasteiger partial charge in [-0.25, -0.2) is 21.9 Å². The molecule has 122 valence electrons. The van der Waals surface area contributed by atoms with Crippen LogP contribution in [0.25, 0.3) is 0 Å².